The number of ether oxygens (including phenoxy) is 1. The SMILES string of the molecule is CN(CCOc1ccc(CC(Nc2ccccc2C(O)c2ccccc2)C(=O)O)cc1)c1ccccn1. The second-order valence-corrected chi connectivity index (χ2v) is 8.74. The van der Waals surface area contributed by atoms with Gasteiger partial charge in [-0.3, -0.25) is 0 Å². The van der Waals surface area contributed by atoms with Gasteiger partial charge in [-0.25, -0.2) is 9.78 Å². The lowest BCUT2D eigenvalue weighted by Crippen LogP contribution is -2.32. The third kappa shape index (κ3) is 7.08. The van der Waals surface area contributed by atoms with E-state index in [1.54, 1.807) is 18.3 Å². The molecule has 0 fully saturated rings. The summed E-state index contributed by atoms with van der Waals surface area (Å²) in [6.45, 7) is 1.17. The lowest BCUT2D eigenvalue weighted by atomic mass is 9.99. The zero-order valence-electron chi connectivity index (χ0n) is 20.7. The summed E-state index contributed by atoms with van der Waals surface area (Å²) in [6.07, 6.45) is 1.16. The number of benzene rings is 3. The molecule has 2 unspecified atom stereocenters. The summed E-state index contributed by atoms with van der Waals surface area (Å²) < 4.78 is 5.86. The van der Waals surface area contributed by atoms with Crippen LogP contribution in [0.1, 0.15) is 22.8 Å². The Labute approximate surface area is 217 Å². The number of nitrogens with one attached hydrogen (secondary N) is 1. The fraction of sp³-hybridized carbons (Fsp3) is 0.200. The van der Waals surface area contributed by atoms with Crippen LogP contribution in [-0.2, 0) is 11.2 Å². The quantitative estimate of drug-likeness (QED) is 0.259. The predicted molar refractivity (Wildman–Crippen MR) is 145 cm³/mol. The molecule has 1 aromatic heterocycles. The van der Waals surface area contributed by atoms with Crippen molar-refractivity contribution in [2.75, 3.05) is 30.4 Å². The zero-order chi connectivity index (χ0) is 26.0. The topological polar surface area (TPSA) is 94.9 Å². The van der Waals surface area contributed by atoms with Crippen LogP contribution in [-0.4, -0.2) is 47.4 Å². The highest BCUT2D eigenvalue weighted by atomic mass is 16.5. The Morgan fingerprint density at radius 2 is 1.65 bits per heavy atom. The van der Waals surface area contributed by atoms with Crippen molar-refractivity contribution in [3.8, 4) is 5.75 Å². The number of likely N-dealkylation sites (N-methyl/N-ethyl adjacent to an activating group) is 1. The molecule has 0 aliphatic carbocycles. The van der Waals surface area contributed by atoms with E-state index in [4.69, 9.17) is 4.74 Å². The first-order valence-electron chi connectivity index (χ1n) is 12.2. The number of aromatic nitrogens is 1. The van der Waals surface area contributed by atoms with E-state index in [2.05, 4.69) is 10.3 Å². The summed E-state index contributed by atoms with van der Waals surface area (Å²) in [4.78, 5) is 18.4. The molecule has 0 amide bonds. The minimum atomic E-state index is -0.970. The van der Waals surface area contributed by atoms with Crippen LogP contribution in [0.4, 0.5) is 11.5 Å². The largest absolute Gasteiger partial charge is 0.492 e. The van der Waals surface area contributed by atoms with Crippen molar-refractivity contribution in [3.63, 3.8) is 0 Å². The number of nitrogens with zero attached hydrogens (tertiary/aromatic N) is 2. The van der Waals surface area contributed by atoms with E-state index >= 15 is 0 Å². The van der Waals surface area contributed by atoms with Gasteiger partial charge in [0.05, 0.1) is 6.54 Å². The molecule has 2 atom stereocenters. The molecular formula is C30H31N3O4. The normalized spacial score (nSPS) is 12.4. The van der Waals surface area contributed by atoms with Gasteiger partial charge >= 0.3 is 5.97 Å². The molecule has 0 aliphatic heterocycles. The second-order valence-electron chi connectivity index (χ2n) is 8.74. The highest BCUT2D eigenvalue weighted by Gasteiger charge is 2.21. The van der Waals surface area contributed by atoms with Gasteiger partial charge in [-0.05, 0) is 41.5 Å². The maximum Gasteiger partial charge on any atom is 0.326 e. The van der Waals surface area contributed by atoms with Crippen molar-refractivity contribution in [1.29, 1.82) is 0 Å². The van der Waals surface area contributed by atoms with E-state index in [9.17, 15) is 15.0 Å². The molecule has 0 aliphatic rings. The van der Waals surface area contributed by atoms with Crippen molar-refractivity contribution in [2.45, 2.75) is 18.6 Å². The Kier molecular flexibility index (Phi) is 8.73. The monoisotopic (exact) mass is 497 g/mol. The van der Waals surface area contributed by atoms with E-state index < -0.39 is 18.1 Å². The van der Waals surface area contributed by atoms with Crippen molar-refractivity contribution in [2.24, 2.45) is 0 Å². The number of carbonyl (C=O) groups is 1. The Morgan fingerprint density at radius 3 is 2.35 bits per heavy atom. The summed E-state index contributed by atoms with van der Waals surface area (Å²) in [5.41, 5.74) is 2.81. The molecule has 0 spiro atoms. The standard InChI is InChI=1S/C30H31N3O4/c1-33(28-13-7-8-18-31-28)19-20-37-24-16-14-22(15-17-24)21-27(30(35)36)32-26-12-6-5-11-25(26)29(34)23-9-3-2-4-10-23/h2-18,27,29,32,34H,19-21H2,1H3,(H,35,36). The van der Waals surface area contributed by atoms with Crippen molar-refractivity contribution in [3.05, 3.63) is 120 Å². The second kappa shape index (κ2) is 12.6. The van der Waals surface area contributed by atoms with Crippen LogP contribution < -0.4 is 15.0 Å². The van der Waals surface area contributed by atoms with Crippen LogP contribution in [0, 0.1) is 0 Å². The number of aliphatic hydroxyl groups is 1. The van der Waals surface area contributed by atoms with Crippen LogP contribution in [0.5, 0.6) is 5.75 Å². The van der Waals surface area contributed by atoms with Crippen LogP contribution in [0.3, 0.4) is 0 Å². The third-order valence-electron chi connectivity index (χ3n) is 6.10. The Hall–Kier alpha value is -4.36. The van der Waals surface area contributed by atoms with Crippen molar-refractivity contribution < 1.29 is 19.7 Å². The molecule has 7 nitrogen and oxygen atoms in total. The number of carboxylic acid groups (broad SMARTS) is 1. The average molecular weight is 498 g/mol. The van der Waals surface area contributed by atoms with Gasteiger partial charge in [-0.15, -0.1) is 0 Å². The summed E-state index contributed by atoms with van der Waals surface area (Å²) in [6, 6.07) is 28.9. The lowest BCUT2D eigenvalue weighted by molar-refractivity contribution is -0.137. The first-order valence-corrected chi connectivity index (χ1v) is 12.2. The van der Waals surface area contributed by atoms with Gasteiger partial charge in [-0.1, -0.05) is 66.7 Å². The minimum Gasteiger partial charge on any atom is -0.492 e. The molecule has 7 heteroatoms. The Morgan fingerprint density at radius 1 is 0.946 bits per heavy atom. The number of anilines is 2. The summed E-state index contributed by atoms with van der Waals surface area (Å²) in [7, 11) is 1.96. The van der Waals surface area contributed by atoms with E-state index in [1.807, 2.05) is 96.9 Å². The summed E-state index contributed by atoms with van der Waals surface area (Å²) >= 11 is 0. The smallest absolute Gasteiger partial charge is 0.326 e. The van der Waals surface area contributed by atoms with Gasteiger partial charge in [0.1, 0.15) is 30.3 Å². The summed E-state index contributed by atoms with van der Waals surface area (Å²) in [5, 5.41) is 23.9. The lowest BCUT2D eigenvalue weighted by Gasteiger charge is -2.21. The molecule has 1 heterocycles. The van der Waals surface area contributed by atoms with E-state index in [-0.39, 0.29) is 6.42 Å². The highest BCUT2D eigenvalue weighted by molar-refractivity contribution is 5.78. The van der Waals surface area contributed by atoms with E-state index in [0.29, 0.717) is 30.2 Å². The number of para-hydroxylation sites is 1. The fourth-order valence-corrected chi connectivity index (χ4v) is 4.02. The van der Waals surface area contributed by atoms with Crippen LogP contribution in [0.2, 0.25) is 0 Å². The first-order chi connectivity index (χ1) is 18.0. The highest BCUT2D eigenvalue weighted by Crippen LogP contribution is 2.29. The van der Waals surface area contributed by atoms with Crippen LogP contribution >= 0.6 is 0 Å². The molecule has 0 bridgehead atoms. The Balaban J connectivity index is 1.37. The number of rotatable bonds is 12. The zero-order valence-corrected chi connectivity index (χ0v) is 20.7. The molecule has 3 aromatic carbocycles. The number of aliphatic hydroxyl groups excluding tert-OH is 1. The molecule has 37 heavy (non-hydrogen) atoms. The number of aliphatic carboxylic acids is 1. The van der Waals surface area contributed by atoms with Crippen molar-refractivity contribution >= 4 is 17.5 Å². The maximum absolute atomic E-state index is 12.1. The van der Waals surface area contributed by atoms with Gasteiger partial charge in [-0.2, -0.15) is 0 Å². The van der Waals surface area contributed by atoms with Gasteiger partial charge in [0.15, 0.2) is 0 Å². The third-order valence-corrected chi connectivity index (χ3v) is 6.10. The number of carboxylic acids is 1. The molecule has 0 saturated carbocycles. The van der Waals surface area contributed by atoms with Crippen molar-refractivity contribution in [1.82, 2.24) is 4.98 Å². The molecule has 0 radical (unpaired) electrons. The molecule has 190 valence electrons. The van der Waals surface area contributed by atoms with E-state index in [0.717, 1.165) is 16.9 Å². The number of hydrogen-bond donors (Lipinski definition) is 3. The average Bonchev–Trinajstić information content (AvgIpc) is 2.94. The van der Waals surface area contributed by atoms with Crippen LogP contribution in [0.15, 0.2) is 103 Å². The molecule has 4 rings (SSSR count). The van der Waals surface area contributed by atoms with Gasteiger partial charge in [0.25, 0.3) is 0 Å². The molecular weight excluding hydrogens is 466 g/mol. The maximum atomic E-state index is 12.1. The molecule has 3 N–H and O–H groups in total. The predicted octanol–water partition coefficient (Wildman–Crippen LogP) is 4.79. The molecule has 4 aromatic rings. The minimum absolute atomic E-state index is 0.272. The van der Waals surface area contributed by atoms with Gasteiger partial charge in [0.2, 0.25) is 0 Å². The Bertz CT molecular complexity index is 1270. The molecule has 0 saturated heterocycles. The van der Waals surface area contributed by atoms with Crippen LogP contribution in [0.25, 0.3) is 0 Å². The van der Waals surface area contributed by atoms with Gasteiger partial charge in [0, 0.05) is 30.9 Å². The first kappa shape index (κ1) is 25.7. The number of pyridine rings is 1. The number of hydrogen-bond acceptors (Lipinski definition) is 6. The fourth-order valence-electron chi connectivity index (χ4n) is 4.02. The summed E-state index contributed by atoms with van der Waals surface area (Å²) in [5.74, 6) is 0.628. The van der Waals surface area contributed by atoms with Gasteiger partial charge < -0.3 is 25.2 Å². The van der Waals surface area contributed by atoms with E-state index in [1.165, 1.54) is 0 Å².